The standard InChI is InChI=1S/C10H7ClNS/c1-7-10(13-6-12-7)8-4-2-3-5-9(8)11/h2-6H,1H2. The smallest absolute Gasteiger partial charge is 0.0801 e. The van der Waals surface area contributed by atoms with E-state index in [4.69, 9.17) is 11.6 Å². The van der Waals surface area contributed by atoms with E-state index in [1.54, 1.807) is 16.8 Å². The van der Waals surface area contributed by atoms with Gasteiger partial charge in [-0.15, -0.1) is 11.3 Å². The van der Waals surface area contributed by atoms with Crippen LogP contribution in [0.25, 0.3) is 10.4 Å². The van der Waals surface area contributed by atoms with E-state index in [1.807, 2.05) is 24.3 Å². The van der Waals surface area contributed by atoms with E-state index in [-0.39, 0.29) is 0 Å². The lowest BCUT2D eigenvalue weighted by Crippen LogP contribution is -1.78. The molecule has 1 nitrogen and oxygen atoms in total. The lowest BCUT2D eigenvalue weighted by molar-refractivity contribution is 1.35. The van der Waals surface area contributed by atoms with Gasteiger partial charge in [0, 0.05) is 10.6 Å². The molecule has 0 saturated carbocycles. The predicted octanol–water partition coefficient (Wildman–Crippen LogP) is 3.65. The van der Waals surface area contributed by atoms with Crippen LogP contribution in [0.15, 0.2) is 29.8 Å². The first-order chi connectivity index (χ1) is 6.29. The summed E-state index contributed by atoms with van der Waals surface area (Å²) in [6.45, 7) is 3.84. The Hall–Kier alpha value is -0.860. The van der Waals surface area contributed by atoms with Crippen LogP contribution in [0, 0.1) is 6.92 Å². The van der Waals surface area contributed by atoms with E-state index >= 15 is 0 Å². The summed E-state index contributed by atoms with van der Waals surface area (Å²) < 4.78 is 0. The Bertz CT molecular complexity index is 422. The molecular formula is C10H7ClNS. The van der Waals surface area contributed by atoms with E-state index in [0.29, 0.717) is 0 Å². The van der Waals surface area contributed by atoms with Crippen LogP contribution in [0.5, 0.6) is 0 Å². The molecule has 13 heavy (non-hydrogen) atoms. The number of rotatable bonds is 1. The summed E-state index contributed by atoms with van der Waals surface area (Å²) in [5.41, 5.74) is 3.58. The minimum absolute atomic E-state index is 0.747. The van der Waals surface area contributed by atoms with Gasteiger partial charge in [-0.05, 0) is 13.0 Å². The van der Waals surface area contributed by atoms with E-state index in [9.17, 15) is 0 Å². The summed E-state index contributed by atoms with van der Waals surface area (Å²) in [5.74, 6) is 0. The Morgan fingerprint density at radius 3 is 2.69 bits per heavy atom. The molecule has 1 radical (unpaired) electrons. The normalized spacial score (nSPS) is 10.3. The topological polar surface area (TPSA) is 12.9 Å². The quantitative estimate of drug-likeness (QED) is 0.697. The van der Waals surface area contributed by atoms with Crippen LogP contribution in [-0.4, -0.2) is 4.98 Å². The molecule has 0 aliphatic rings. The first-order valence-corrected chi connectivity index (χ1v) is 5.05. The van der Waals surface area contributed by atoms with Crippen molar-refractivity contribution >= 4 is 22.9 Å². The fraction of sp³-hybridized carbons (Fsp3) is 0. The van der Waals surface area contributed by atoms with Crippen molar-refractivity contribution in [2.45, 2.75) is 0 Å². The van der Waals surface area contributed by atoms with Crippen molar-refractivity contribution in [1.29, 1.82) is 0 Å². The number of nitrogens with zero attached hydrogens (tertiary/aromatic N) is 1. The molecule has 2 rings (SSSR count). The Labute approximate surface area is 86.0 Å². The van der Waals surface area contributed by atoms with Crippen LogP contribution in [0.2, 0.25) is 5.02 Å². The maximum atomic E-state index is 6.04. The highest BCUT2D eigenvalue weighted by atomic mass is 35.5. The van der Waals surface area contributed by atoms with Crippen LogP contribution >= 0.6 is 22.9 Å². The molecule has 0 aliphatic carbocycles. The minimum Gasteiger partial charge on any atom is -0.249 e. The van der Waals surface area contributed by atoms with Crippen LogP contribution in [0.4, 0.5) is 0 Å². The first kappa shape index (κ1) is 8.73. The largest absolute Gasteiger partial charge is 0.249 e. The number of hydrogen-bond donors (Lipinski definition) is 0. The Morgan fingerprint density at radius 2 is 2.08 bits per heavy atom. The summed E-state index contributed by atoms with van der Waals surface area (Å²) in [7, 11) is 0. The summed E-state index contributed by atoms with van der Waals surface area (Å²) in [4.78, 5) is 5.13. The van der Waals surface area contributed by atoms with Crippen molar-refractivity contribution in [3.8, 4) is 10.4 Å². The molecule has 2 aromatic rings. The molecule has 0 bridgehead atoms. The van der Waals surface area contributed by atoms with Gasteiger partial charge in [-0.1, -0.05) is 29.8 Å². The Morgan fingerprint density at radius 1 is 1.31 bits per heavy atom. The van der Waals surface area contributed by atoms with Gasteiger partial charge in [-0.25, -0.2) is 4.98 Å². The van der Waals surface area contributed by atoms with Gasteiger partial charge < -0.3 is 0 Å². The zero-order chi connectivity index (χ0) is 9.26. The molecular weight excluding hydrogens is 202 g/mol. The summed E-state index contributed by atoms with van der Waals surface area (Å²) >= 11 is 7.60. The molecule has 65 valence electrons. The molecule has 0 fully saturated rings. The van der Waals surface area contributed by atoms with E-state index < -0.39 is 0 Å². The molecule has 3 heteroatoms. The number of halogens is 1. The number of aromatic nitrogens is 1. The van der Waals surface area contributed by atoms with E-state index in [0.717, 1.165) is 21.2 Å². The zero-order valence-electron chi connectivity index (χ0n) is 6.83. The molecule has 0 amide bonds. The third-order valence-corrected chi connectivity index (χ3v) is 2.99. The molecule has 0 unspecified atom stereocenters. The molecule has 0 aliphatic heterocycles. The second kappa shape index (κ2) is 3.48. The molecule has 1 aromatic carbocycles. The maximum Gasteiger partial charge on any atom is 0.0801 e. The molecule has 0 N–H and O–H groups in total. The van der Waals surface area contributed by atoms with Crippen LogP contribution in [-0.2, 0) is 0 Å². The fourth-order valence-corrected chi connectivity index (χ4v) is 2.20. The summed E-state index contributed by atoms with van der Waals surface area (Å²) in [5, 5.41) is 0.747. The zero-order valence-corrected chi connectivity index (χ0v) is 8.40. The van der Waals surface area contributed by atoms with Gasteiger partial charge >= 0.3 is 0 Å². The van der Waals surface area contributed by atoms with Crippen molar-refractivity contribution in [2.75, 3.05) is 0 Å². The maximum absolute atomic E-state index is 6.04. The van der Waals surface area contributed by atoms with Crippen LogP contribution < -0.4 is 0 Å². The van der Waals surface area contributed by atoms with E-state index in [2.05, 4.69) is 11.9 Å². The van der Waals surface area contributed by atoms with Gasteiger partial charge in [0.15, 0.2) is 0 Å². The third-order valence-electron chi connectivity index (χ3n) is 1.76. The van der Waals surface area contributed by atoms with Crippen molar-refractivity contribution in [3.05, 3.63) is 47.4 Å². The van der Waals surface area contributed by atoms with Gasteiger partial charge in [0.2, 0.25) is 0 Å². The number of hydrogen-bond acceptors (Lipinski definition) is 2. The fourth-order valence-electron chi connectivity index (χ4n) is 1.13. The Balaban J connectivity index is 2.59. The monoisotopic (exact) mass is 208 g/mol. The van der Waals surface area contributed by atoms with Gasteiger partial charge in [-0.2, -0.15) is 0 Å². The number of benzene rings is 1. The van der Waals surface area contributed by atoms with Crippen molar-refractivity contribution < 1.29 is 0 Å². The van der Waals surface area contributed by atoms with Crippen LogP contribution in [0.1, 0.15) is 5.69 Å². The van der Waals surface area contributed by atoms with Crippen LogP contribution in [0.3, 0.4) is 0 Å². The lowest BCUT2D eigenvalue weighted by Gasteiger charge is -2.00. The highest BCUT2D eigenvalue weighted by Crippen LogP contribution is 2.32. The molecule has 1 aromatic heterocycles. The average molecular weight is 209 g/mol. The van der Waals surface area contributed by atoms with Gasteiger partial charge in [-0.3, -0.25) is 0 Å². The second-order valence-corrected chi connectivity index (χ2v) is 3.87. The number of thiazole rings is 1. The molecule has 0 saturated heterocycles. The highest BCUT2D eigenvalue weighted by molar-refractivity contribution is 7.13. The average Bonchev–Trinajstić information content (AvgIpc) is 2.52. The second-order valence-electron chi connectivity index (χ2n) is 2.61. The third kappa shape index (κ3) is 1.60. The molecule has 0 atom stereocenters. The van der Waals surface area contributed by atoms with E-state index in [1.165, 1.54) is 0 Å². The summed E-state index contributed by atoms with van der Waals surface area (Å²) in [6.07, 6.45) is 0. The Kier molecular flexibility index (Phi) is 2.34. The highest BCUT2D eigenvalue weighted by Gasteiger charge is 2.07. The first-order valence-electron chi connectivity index (χ1n) is 3.79. The molecule has 1 heterocycles. The van der Waals surface area contributed by atoms with Crippen molar-refractivity contribution in [3.63, 3.8) is 0 Å². The SMILES string of the molecule is [CH2]c1ncsc1-c1ccccc1Cl. The minimum atomic E-state index is 0.747. The van der Waals surface area contributed by atoms with Gasteiger partial charge in [0.25, 0.3) is 0 Å². The van der Waals surface area contributed by atoms with Crippen molar-refractivity contribution in [2.24, 2.45) is 0 Å². The van der Waals surface area contributed by atoms with Gasteiger partial charge in [0.1, 0.15) is 0 Å². The lowest BCUT2D eigenvalue weighted by atomic mass is 10.2. The van der Waals surface area contributed by atoms with Crippen molar-refractivity contribution in [1.82, 2.24) is 4.98 Å². The predicted molar refractivity (Wildman–Crippen MR) is 57.0 cm³/mol. The molecule has 0 spiro atoms. The summed E-state index contributed by atoms with van der Waals surface area (Å²) in [6, 6.07) is 7.72. The van der Waals surface area contributed by atoms with Gasteiger partial charge in [0.05, 0.1) is 16.1 Å².